The Hall–Kier alpha value is -2.06. The first-order chi connectivity index (χ1) is 8.85. The molecule has 1 saturated heterocycles. The van der Waals surface area contributed by atoms with Gasteiger partial charge in [-0.1, -0.05) is 0 Å². The van der Waals surface area contributed by atoms with Crippen molar-refractivity contribution in [2.75, 3.05) is 18.4 Å². The van der Waals surface area contributed by atoms with Gasteiger partial charge in [-0.05, 0) is 0 Å². The number of carbonyl (C=O) groups excluding carboxylic acids is 2. The van der Waals surface area contributed by atoms with Crippen LogP contribution in [0.25, 0.3) is 0 Å². The Labute approximate surface area is 106 Å². The summed E-state index contributed by atoms with van der Waals surface area (Å²) in [6, 6.07) is 1.50. The van der Waals surface area contributed by atoms with Crippen molar-refractivity contribution in [1.29, 1.82) is 0 Å². The van der Waals surface area contributed by atoms with Gasteiger partial charge < -0.3 is 10.2 Å². The number of rotatable bonds is 3. The Morgan fingerprint density at radius 1 is 1.58 bits per heavy atom. The van der Waals surface area contributed by atoms with Gasteiger partial charge in [0, 0.05) is 19.0 Å². The van der Waals surface area contributed by atoms with Crippen LogP contribution in [-0.4, -0.2) is 46.2 Å². The summed E-state index contributed by atoms with van der Waals surface area (Å²) in [6.45, 7) is -1.54. The van der Waals surface area contributed by atoms with Gasteiger partial charge in [0.2, 0.25) is 11.8 Å². The van der Waals surface area contributed by atoms with Crippen molar-refractivity contribution < 1.29 is 22.8 Å². The van der Waals surface area contributed by atoms with Gasteiger partial charge in [0.25, 0.3) is 0 Å². The molecule has 19 heavy (non-hydrogen) atoms. The summed E-state index contributed by atoms with van der Waals surface area (Å²) in [4.78, 5) is 23.8. The fourth-order valence-corrected chi connectivity index (χ4v) is 1.88. The Kier molecular flexibility index (Phi) is 3.45. The Morgan fingerprint density at radius 2 is 2.32 bits per heavy atom. The Morgan fingerprint density at radius 3 is 2.89 bits per heavy atom. The first kappa shape index (κ1) is 13.4. The summed E-state index contributed by atoms with van der Waals surface area (Å²) in [5, 5.41) is 8.56. The minimum Gasteiger partial charge on any atom is -0.333 e. The normalized spacial score (nSPS) is 19.8. The van der Waals surface area contributed by atoms with E-state index in [0.29, 0.717) is 10.7 Å². The van der Waals surface area contributed by atoms with Crippen LogP contribution in [0.15, 0.2) is 12.3 Å². The van der Waals surface area contributed by atoms with Crippen molar-refractivity contribution in [2.24, 2.45) is 5.92 Å². The third kappa shape index (κ3) is 3.46. The predicted molar refractivity (Wildman–Crippen MR) is 58.0 cm³/mol. The molecular formula is C10H11F3N4O2. The van der Waals surface area contributed by atoms with Crippen molar-refractivity contribution in [1.82, 2.24) is 15.1 Å². The Balaban J connectivity index is 1.93. The number of nitrogens with one attached hydrogen (secondary N) is 2. The maximum absolute atomic E-state index is 12.2. The molecule has 0 spiro atoms. The highest BCUT2D eigenvalue weighted by atomic mass is 19.4. The van der Waals surface area contributed by atoms with E-state index in [0.717, 1.165) is 0 Å². The number of nitrogens with zero attached hydrogens (tertiary/aromatic N) is 2. The number of H-pyrrole nitrogens is 1. The summed E-state index contributed by atoms with van der Waals surface area (Å²) in [7, 11) is 0. The fraction of sp³-hybridized carbons (Fsp3) is 0.500. The quantitative estimate of drug-likeness (QED) is 0.855. The summed E-state index contributed by atoms with van der Waals surface area (Å²) in [5.41, 5.74) is 0. The molecule has 6 nitrogen and oxygen atoms in total. The maximum atomic E-state index is 12.2. The molecule has 0 saturated carbocycles. The van der Waals surface area contributed by atoms with Crippen molar-refractivity contribution in [2.45, 2.75) is 12.6 Å². The third-order valence-corrected chi connectivity index (χ3v) is 2.71. The molecule has 0 aromatic carbocycles. The monoisotopic (exact) mass is 276 g/mol. The van der Waals surface area contributed by atoms with Crippen molar-refractivity contribution in [3.05, 3.63) is 12.3 Å². The lowest BCUT2D eigenvalue weighted by molar-refractivity contribution is -0.157. The number of aromatic nitrogens is 2. The van der Waals surface area contributed by atoms with E-state index in [2.05, 4.69) is 15.5 Å². The van der Waals surface area contributed by atoms with Gasteiger partial charge >= 0.3 is 6.18 Å². The molecule has 104 valence electrons. The number of aromatic amines is 1. The summed E-state index contributed by atoms with van der Waals surface area (Å²) >= 11 is 0. The maximum Gasteiger partial charge on any atom is 0.406 e. The molecule has 1 aromatic rings. The first-order valence-corrected chi connectivity index (χ1v) is 5.50. The Bertz CT molecular complexity index is 472. The van der Waals surface area contributed by atoms with Crippen LogP contribution < -0.4 is 5.32 Å². The highest BCUT2D eigenvalue weighted by Gasteiger charge is 2.40. The van der Waals surface area contributed by atoms with Crippen LogP contribution in [0.4, 0.5) is 19.0 Å². The van der Waals surface area contributed by atoms with E-state index in [1.807, 2.05) is 0 Å². The van der Waals surface area contributed by atoms with Gasteiger partial charge in [0.05, 0.1) is 12.1 Å². The van der Waals surface area contributed by atoms with Crippen LogP contribution in [0, 0.1) is 5.92 Å². The number of likely N-dealkylation sites (tertiary alicyclic amines) is 1. The van der Waals surface area contributed by atoms with Gasteiger partial charge in [-0.15, -0.1) is 0 Å². The molecular weight excluding hydrogens is 265 g/mol. The lowest BCUT2D eigenvalue weighted by Crippen LogP contribution is -2.36. The number of amides is 2. The molecule has 2 amide bonds. The van der Waals surface area contributed by atoms with Crippen LogP contribution in [0.1, 0.15) is 6.42 Å². The molecule has 2 N–H and O–H groups in total. The van der Waals surface area contributed by atoms with E-state index in [-0.39, 0.29) is 13.0 Å². The van der Waals surface area contributed by atoms with E-state index < -0.39 is 30.5 Å². The molecule has 1 aliphatic heterocycles. The molecule has 0 bridgehead atoms. The first-order valence-electron chi connectivity index (χ1n) is 5.50. The molecule has 2 heterocycles. The van der Waals surface area contributed by atoms with E-state index in [9.17, 15) is 22.8 Å². The molecule has 1 aliphatic rings. The molecule has 2 rings (SSSR count). The van der Waals surface area contributed by atoms with Gasteiger partial charge in [-0.3, -0.25) is 14.7 Å². The van der Waals surface area contributed by atoms with Gasteiger partial charge in [0.15, 0.2) is 0 Å². The second-order valence-corrected chi connectivity index (χ2v) is 4.25. The second kappa shape index (κ2) is 4.90. The van der Waals surface area contributed by atoms with Gasteiger partial charge in [0.1, 0.15) is 12.4 Å². The van der Waals surface area contributed by atoms with Crippen molar-refractivity contribution >= 4 is 17.6 Å². The number of anilines is 1. The number of alkyl halides is 3. The standard InChI is InChI=1S/C10H11F3N4O2/c11-10(12,13)5-17-4-6(3-8(17)18)9(19)15-7-1-2-14-16-7/h1-2,6H,3-5H2,(H2,14,15,16,19). The topological polar surface area (TPSA) is 78.1 Å². The molecule has 1 unspecified atom stereocenters. The highest BCUT2D eigenvalue weighted by Crippen LogP contribution is 2.24. The van der Waals surface area contributed by atoms with Crippen LogP contribution in [0.2, 0.25) is 0 Å². The number of hydrogen-bond acceptors (Lipinski definition) is 3. The largest absolute Gasteiger partial charge is 0.406 e. The minimum atomic E-state index is -4.45. The van der Waals surface area contributed by atoms with Crippen LogP contribution >= 0.6 is 0 Å². The zero-order chi connectivity index (χ0) is 14.0. The second-order valence-electron chi connectivity index (χ2n) is 4.25. The average Bonchev–Trinajstić information content (AvgIpc) is 2.88. The zero-order valence-corrected chi connectivity index (χ0v) is 9.70. The SMILES string of the molecule is O=C(Nc1ccn[nH]1)C1CC(=O)N(CC(F)(F)F)C1. The van der Waals surface area contributed by atoms with E-state index in [1.165, 1.54) is 12.3 Å². The van der Waals surface area contributed by atoms with E-state index in [4.69, 9.17) is 0 Å². The van der Waals surface area contributed by atoms with E-state index >= 15 is 0 Å². The fourth-order valence-electron chi connectivity index (χ4n) is 1.88. The van der Waals surface area contributed by atoms with Gasteiger partial charge in [-0.2, -0.15) is 18.3 Å². The third-order valence-electron chi connectivity index (χ3n) is 2.71. The van der Waals surface area contributed by atoms with Crippen LogP contribution in [0.3, 0.4) is 0 Å². The lowest BCUT2D eigenvalue weighted by Gasteiger charge is -2.18. The number of halogens is 3. The smallest absolute Gasteiger partial charge is 0.333 e. The molecule has 1 atom stereocenters. The lowest BCUT2D eigenvalue weighted by atomic mass is 10.1. The predicted octanol–water partition coefficient (Wildman–Crippen LogP) is 0.759. The summed E-state index contributed by atoms with van der Waals surface area (Å²) < 4.78 is 36.6. The molecule has 1 aromatic heterocycles. The average molecular weight is 276 g/mol. The zero-order valence-electron chi connectivity index (χ0n) is 9.70. The van der Waals surface area contributed by atoms with Gasteiger partial charge in [-0.25, -0.2) is 0 Å². The number of hydrogen-bond donors (Lipinski definition) is 2. The number of carbonyl (C=O) groups is 2. The summed E-state index contributed by atoms with van der Waals surface area (Å²) in [5.74, 6) is -1.60. The van der Waals surface area contributed by atoms with Crippen LogP contribution in [0.5, 0.6) is 0 Å². The van der Waals surface area contributed by atoms with E-state index in [1.54, 1.807) is 0 Å². The molecule has 9 heteroatoms. The minimum absolute atomic E-state index is 0.212. The highest BCUT2D eigenvalue weighted by molar-refractivity contribution is 5.96. The molecule has 0 radical (unpaired) electrons. The van der Waals surface area contributed by atoms with Crippen LogP contribution in [-0.2, 0) is 9.59 Å². The molecule has 0 aliphatic carbocycles. The van der Waals surface area contributed by atoms with Crippen molar-refractivity contribution in [3.8, 4) is 0 Å². The molecule has 1 fully saturated rings. The van der Waals surface area contributed by atoms with Crippen molar-refractivity contribution in [3.63, 3.8) is 0 Å². The summed E-state index contributed by atoms with van der Waals surface area (Å²) in [6.07, 6.45) is -3.24.